The van der Waals surface area contributed by atoms with Gasteiger partial charge in [0.1, 0.15) is 0 Å². The highest BCUT2D eigenvalue weighted by Crippen LogP contribution is 2.23. The summed E-state index contributed by atoms with van der Waals surface area (Å²) in [4.78, 5) is 45.8. The van der Waals surface area contributed by atoms with E-state index >= 15 is 0 Å². The minimum Gasteiger partial charge on any atom is -0.330 e. The molecule has 1 aromatic carbocycles. The summed E-state index contributed by atoms with van der Waals surface area (Å²) < 4.78 is 0. The zero-order valence-electron chi connectivity index (χ0n) is 15.6. The summed E-state index contributed by atoms with van der Waals surface area (Å²) in [6, 6.07) is 9.85. The van der Waals surface area contributed by atoms with Crippen LogP contribution in [0.25, 0.3) is 23.3 Å². The zero-order valence-corrected chi connectivity index (χ0v) is 15.6. The van der Waals surface area contributed by atoms with Crippen molar-refractivity contribution in [3.63, 3.8) is 0 Å². The highest BCUT2D eigenvalue weighted by Gasteiger charge is 2.33. The standard InChI is InChI=1S/C22H20N2O4/c1-14-17(13-21(27)28-24-19(25)11-12-20(24)26)22(15-7-3-2-4-8-15)16-9-5-6-10-18(16)23-14/h2-4,7-10H,5-6,11-13H2,1H3. The Morgan fingerprint density at radius 1 is 1.07 bits per heavy atom. The molecule has 0 atom stereocenters. The van der Waals surface area contributed by atoms with Crippen LogP contribution in [0.4, 0.5) is 0 Å². The van der Waals surface area contributed by atoms with Crippen molar-refractivity contribution < 1.29 is 19.2 Å². The van der Waals surface area contributed by atoms with E-state index in [1.54, 1.807) is 0 Å². The van der Waals surface area contributed by atoms with Gasteiger partial charge in [0, 0.05) is 23.8 Å². The van der Waals surface area contributed by atoms with Crippen molar-refractivity contribution in [2.45, 2.75) is 39.0 Å². The number of fused-ring (bicyclic) bond motifs is 1. The predicted molar refractivity (Wildman–Crippen MR) is 103 cm³/mol. The second-order valence-electron chi connectivity index (χ2n) is 6.92. The lowest BCUT2D eigenvalue weighted by molar-refractivity contribution is -0.197. The highest BCUT2D eigenvalue weighted by atomic mass is 16.7. The Labute approximate surface area is 162 Å². The van der Waals surface area contributed by atoms with Crippen molar-refractivity contribution in [1.29, 1.82) is 0 Å². The third kappa shape index (κ3) is 3.33. The van der Waals surface area contributed by atoms with E-state index in [4.69, 9.17) is 4.84 Å². The molecule has 1 aliphatic carbocycles. The first kappa shape index (κ1) is 18.1. The van der Waals surface area contributed by atoms with E-state index in [1.165, 1.54) is 0 Å². The molecule has 2 amide bonds. The molecule has 0 unspecified atom stereocenters. The van der Waals surface area contributed by atoms with Crippen molar-refractivity contribution in [2.24, 2.45) is 0 Å². The van der Waals surface area contributed by atoms with Crippen LogP contribution < -0.4 is 10.6 Å². The molecule has 1 fully saturated rings. The molecule has 1 aliphatic heterocycles. The van der Waals surface area contributed by atoms with Gasteiger partial charge < -0.3 is 4.84 Å². The molecular weight excluding hydrogens is 356 g/mol. The van der Waals surface area contributed by atoms with Gasteiger partial charge in [-0.2, -0.15) is 0 Å². The smallest absolute Gasteiger partial charge is 0.330 e. The number of hydrogen-bond donors (Lipinski definition) is 0. The molecule has 6 heteroatoms. The summed E-state index contributed by atoms with van der Waals surface area (Å²) in [5.41, 5.74) is 3.43. The molecule has 2 aromatic rings. The van der Waals surface area contributed by atoms with Crippen molar-refractivity contribution in [3.8, 4) is 11.1 Å². The number of hydroxylamine groups is 2. The summed E-state index contributed by atoms with van der Waals surface area (Å²) in [5.74, 6) is -1.61. The quantitative estimate of drug-likeness (QED) is 0.757. The van der Waals surface area contributed by atoms with Gasteiger partial charge in [-0.25, -0.2) is 4.79 Å². The van der Waals surface area contributed by atoms with Crippen LogP contribution in [-0.4, -0.2) is 27.8 Å². The van der Waals surface area contributed by atoms with E-state index in [1.807, 2.05) is 37.3 Å². The molecule has 142 valence electrons. The van der Waals surface area contributed by atoms with Crippen molar-refractivity contribution in [3.05, 3.63) is 52.2 Å². The lowest BCUT2D eigenvalue weighted by Crippen LogP contribution is -2.36. The Bertz CT molecular complexity index is 1070. The van der Waals surface area contributed by atoms with Gasteiger partial charge in [0.2, 0.25) is 0 Å². The second-order valence-corrected chi connectivity index (χ2v) is 6.92. The molecule has 2 aliphatic rings. The Morgan fingerprint density at radius 3 is 2.46 bits per heavy atom. The molecule has 2 heterocycles. The molecule has 1 saturated heterocycles. The first-order valence-corrected chi connectivity index (χ1v) is 9.36. The van der Waals surface area contributed by atoms with E-state index < -0.39 is 17.8 Å². The van der Waals surface area contributed by atoms with Crippen LogP contribution in [0.3, 0.4) is 0 Å². The number of pyridine rings is 1. The number of aromatic nitrogens is 1. The highest BCUT2D eigenvalue weighted by molar-refractivity contribution is 6.01. The lowest BCUT2D eigenvalue weighted by atomic mass is 9.93. The number of aryl methyl sites for hydroxylation is 1. The first-order valence-electron chi connectivity index (χ1n) is 9.36. The fraction of sp³-hybridized carbons (Fsp3) is 0.273. The summed E-state index contributed by atoms with van der Waals surface area (Å²) in [5, 5.41) is 2.52. The maximum Gasteiger partial charge on any atom is 0.337 e. The van der Waals surface area contributed by atoms with Gasteiger partial charge in [0.05, 0.1) is 11.8 Å². The number of imide groups is 1. The predicted octanol–water partition coefficient (Wildman–Crippen LogP) is 1.56. The molecule has 0 N–H and O–H groups in total. The van der Waals surface area contributed by atoms with Crippen molar-refractivity contribution >= 4 is 29.9 Å². The van der Waals surface area contributed by atoms with Gasteiger partial charge >= 0.3 is 5.97 Å². The summed E-state index contributed by atoms with van der Waals surface area (Å²) in [6.07, 6.45) is 6.19. The topological polar surface area (TPSA) is 76.6 Å². The molecule has 4 rings (SSSR count). The van der Waals surface area contributed by atoms with Gasteiger partial charge in [-0.15, -0.1) is 5.06 Å². The number of hydrogen-bond acceptors (Lipinski definition) is 5. The summed E-state index contributed by atoms with van der Waals surface area (Å²) in [6.45, 7) is 1.87. The van der Waals surface area contributed by atoms with Crippen LogP contribution in [0.5, 0.6) is 0 Å². The van der Waals surface area contributed by atoms with E-state index in [0.717, 1.165) is 45.8 Å². The molecule has 0 radical (unpaired) electrons. The molecule has 0 saturated carbocycles. The fourth-order valence-corrected chi connectivity index (χ4v) is 3.68. The van der Waals surface area contributed by atoms with Crippen LogP contribution in [0.2, 0.25) is 0 Å². The average molecular weight is 376 g/mol. The number of benzene rings is 1. The van der Waals surface area contributed by atoms with Gasteiger partial charge in [0.25, 0.3) is 11.8 Å². The van der Waals surface area contributed by atoms with Crippen LogP contribution in [0, 0.1) is 6.92 Å². The monoisotopic (exact) mass is 376 g/mol. The van der Waals surface area contributed by atoms with E-state index in [0.29, 0.717) is 5.06 Å². The third-order valence-electron chi connectivity index (χ3n) is 5.01. The number of rotatable bonds is 4. The Kier molecular flexibility index (Phi) is 4.77. The molecule has 1 aromatic heterocycles. The third-order valence-corrected chi connectivity index (χ3v) is 5.01. The Balaban J connectivity index is 1.76. The molecular formula is C22H20N2O4. The normalized spacial score (nSPS) is 15.7. The van der Waals surface area contributed by atoms with Gasteiger partial charge in [-0.05, 0) is 36.5 Å². The first-order chi connectivity index (χ1) is 13.5. The number of carbonyl (C=O) groups excluding carboxylic acids is 3. The number of amides is 2. The largest absolute Gasteiger partial charge is 0.337 e. The van der Waals surface area contributed by atoms with E-state index in [9.17, 15) is 14.4 Å². The van der Waals surface area contributed by atoms with Crippen molar-refractivity contribution in [2.75, 3.05) is 0 Å². The Morgan fingerprint density at radius 2 is 1.75 bits per heavy atom. The van der Waals surface area contributed by atoms with Crippen LogP contribution in [0.15, 0.2) is 30.3 Å². The second kappa shape index (κ2) is 7.38. The maximum atomic E-state index is 12.5. The van der Waals surface area contributed by atoms with Gasteiger partial charge in [-0.1, -0.05) is 42.5 Å². The minimum atomic E-state index is -0.648. The maximum absolute atomic E-state index is 12.5. The number of carbonyl (C=O) groups is 3. The van der Waals surface area contributed by atoms with Crippen LogP contribution >= 0.6 is 0 Å². The SMILES string of the molecule is Cc1nc2c(c(-c3ccccc3)c1CC(=O)ON1C(=O)CCC1=O)=CCCC=2. The van der Waals surface area contributed by atoms with E-state index in [-0.39, 0.29) is 19.3 Å². The molecule has 0 spiro atoms. The van der Waals surface area contributed by atoms with Gasteiger partial charge in [0.15, 0.2) is 0 Å². The fourth-order valence-electron chi connectivity index (χ4n) is 3.68. The minimum absolute atomic E-state index is 0.0682. The molecule has 28 heavy (non-hydrogen) atoms. The Hall–Kier alpha value is -3.28. The molecule has 0 bridgehead atoms. The van der Waals surface area contributed by atoms with Crippen molar-refractivity contribution in [1.82, 2.24) is 10.0 Å². The summed E-state index contributed by atoms with van der Waals surface area (Å²) in [7, 11) is 0. The van der Waals surface area contributed by atoms with Crippen LogP contribution in [-0.2, 0) is 25.6 Å². The summed E-state index contributed by atoms with van der Waals surface area (Å²) >= 11 is 0. The average Bonchev–Trinajstić information content (AvgIpc) is 3.01. The van der Waals surface area contributed by atoms with E-state index in [2.05, 4.69) is 17.1 Å². The zero-order chi connectivity index (χ0) is 19.7. The van der Waals surface area contributed by atoms with Crippen LogP contribution in [0.1, 0.15) is 36.9 Å². The molecule has 6 nitrogen and oxygen atoms in total. The van der Waals surface area contributed by atoms with Gasteiger partial charge in [-0.3, -0.25) is 14.6 Å². The number of nitrogens with zero attached hydrogens (tertiary/aromatic N) is 2. The lowest BCUT2D eigenvalue weighted by Gasteiger charge is -2.17.